The average Bonchev–Trinajstić information content (AvgIpc) is 3.17. The minimum atomic E-state index is -0.400. The maximum Gasteiger partial charge on any atom is 0.287 e. The van der Waals surface area contributed by atoms with Crippen molar-refractivity contribution in [3.05, 3.63) is 54.1 Å². The van der Waals surface area contributed by atoms with Crippen molar-refractivity contribution in [2.75, 3.05) is 19.6 Å². The van der Waals surface area contributed by atoms with Crippen LogP contribution in [0.3, 0.4) is 0 Å². The predicted octanol–water partition coefficient (Wildman–Crippen LogP) is 1.80. The zero-order valence-electron chi connectivity index (χ0n) is 17.3. The molecule has 160 valence electrons. The molecule has 1 aliphatic rings. The predicted molar refractivity (Wildman–Crippen MR) is 113 cm³/mol. The molecule has 1 aromatic heterocycles. The molecule has 0 radical (unpaired) electrons. The second-order valence-electron chi connectivity index (χ2n) is 7.53. The fourth-order valence-corrected chi connectivity index (χ4v) is 3.69. The van der Waals surface area contributed by atoms with E-state index in [1.807, 2.05) is 30.3 Å². The number of rotatable bonds is 4. The Bertz CT molecular complexity index is 865. The van der Waals surface area contributed by atoms with E-state index in [1.54, 1.807) is 22.7 Å². The molecule has 1 fully saturated rings. The molecule has 1 unspecified atom stereocenters. The van der Waals surface area contributed by atoms with Crippen molar-refractivity contribution in [3.8, 4) is 0 Å². The van der Waals surface area contributed by atoms with Crippen LogP contribution in [0.1, 0.15) is 54.3 Å². The van der Waals surface area contributed by atoms with E-state index in [0.29, 0.717) is 13.1 Å². The number of carbonyl (C=O) groups is 3. The topological polar surface area (TPSA) is 96.3 Å². The van der Waals surface area contributed by atoms with Crippen LogP contribution in [-0.4, -0.2) is 51.8 Å². The molecule has 2 aromatic rings. The lowest BCUT2D eigenvalue weighted by Gasteiger charge is -2.32. The van der Waals surface area contributed by atoms with Crippen LogP contribution in [-0.2, 0) is 16.6 Å². The van der Waals surface area contributed by atoms with E-state index in [4.69, 9.17) is 0 Å². The lowest BCUT2D eigenvalue weighted by atomic mass is 10.0. The number of hydrogen-bond acceptors (Lipinski definition) is 4. The highest BCUT2D eigenvalue weighted by atomic mass is 16.2. The van der Waals surface area contributed by atoms with Crippen molar-refractivity contribution < 1.29 is 14.4 Å². The molecular weight excluding hydrogens is 382 g/mol. The Morgan fingerprint density at radius 2 is 1.93 bits per heavy atom. The third kappa shape index (κ3) is 5.68. The van der Waals surface area contributed by atoms with E-state index >= 15 is 0 Å². The Kier molecular flexibility index (Phi) is 7.59. The summed E-state index contributed by atoms with van der Waals surface area (Å²) in [6.45, 7) is 1.06. The van der Waals surface area contributed by atoms with Gasteiger partial charge in [-0.05, 0) is 18.4 Å². The van der Waals surface area contributed by atoms with Crippen molar-refractivity contribution in [2.45, 2.75) is 38.1 Å². The molecule has 8 nitrogen and oxygen atoms in total. The highest BCUT2D eigenvalue weighted by molar-refractivity contribution is 5.93. The first-order valence-electron chi connectivity index (χ1n) is 10.4. The van der Waals surface area contributed by atoms with Crippen LogP contribution in [0.5, 0.6) is 0 Å². The largest absolute Gasteiger partial charge is 0.356 e. The SMILES string of the molecule is Cn1ccnc1C(=O)NCC(=O)N1CCCCCCNC(=O)CC1c1ccccc1. The zero-order valence-corrected chi connectivity index (χ0v) is 17.3. The van der Waals surface area contributed by atoms with E-state index in [-0.39, 0.29) is 36.6 Å². The molecule has 1 aromatic carbocycles. The van der Waals surface area contributed by atoms with Gasteiger partial charge in [-0.3, -0.25) is 14.4 Å². The lowest BCUT2D eigenvalue weighted by molar-refractivity contribution is -0.134. The van der Waals surface area contributed by atoms with Gasteiger partial charge < -0.3 is 20.1 Å². The van der Waals surface area contributed by atoms with Crippen molar-refractivity contribution in [1.29, 1.82) is 0 Å². The van der Waals surface area contributed by atoms with Gasteiger partial charge in [-0.15, -0.1) is 0 Å². The number of amides is 3. The van der Waals surface area contributed by atoms with Gasteiger partial charge in [0.05, 0.1) is 19.0 Å². The van der Waals surface area contributed by atoms with Crippen LogP contribution in [0.15, 0.2) is 42.7 Å². The van der Waals surface area contributed by atoms with Crippen molar-refractivity contribution in [2.24, 2.45) is 7.05 Å². The van der Waals surface area contributed by atoms with Crippen molar-refractivity contribution in [1.82, 2.24) is 25.1 Å². The van der Waals surface area contributed by atoms with Gasteiger partial charge in [-0.1, -0.05) is 43.2 Å². The summed E-state index contributed by atoms with van der Waals surface area (Å²) in [5.74, 6) is -0.430. The van der Waals surface area contributed by atoms with Crippen LogP contribution in [0.4, 0.5) is 0 Å². The fourth-order valence-electron chi connectivity index (χ4n) is 3.69. The molecule has 3 amide bonds. The van der Waals surface area contributed by atoms with Gasteiger partial charge in [0.25, 0.3) is 5.91 Å². The number of aryl methyl sites for hydroxylation is 1. The van der Waals surface area contributed by atoms with Gasteiger partial charge in [-0.25, -0.2) is 4.98 Å². The Labute approximate surface area is 176 Å². The number of benzene rings is 1. The summed E-state index contributed by atoms with van der Waals surface area (Å²) in [6, 6.07) is 9.22. The molecule has 1 saturated heterocycles. The van der Waals surface area contributed by atoms with Crippen LogP contribution < -0.4 is 10.6 Å². The second kappa shape index (κ2) is 10.6. The lowest BCUT2D eigenvalue weighted by Crippen LogP contribution is -2.44. The number of imidazole rings is 1. The van der Waals surface area contributed by atoms with Gasteiger partial charge in [0, 0.05) is 32.5 Å². The maximum absolute atomic E-state index is 13.1. The summed E-state index contributed by atoms with van der Waals surface area (Å²) in [7, 11) is 1.72. The summed E-state index contributed by atoms with van der Waals surface area (Å²) in [6.07, 6.45) is 7.20. The second-order valence-corrected chi connectivity index (χ2v) is 7.53. The number of nitrogens with one attached hydrogen (secondary N) is 2. The molecule has 2 heterocycles. The van der Waals surface area contributed by atoms with E-state index in [0.717, 1.165) is 31.2 Å². The maximum atomic E-state index is 13.1. The quantitative estimate of drug-likeness (QED) is 0.802. The van der Waals surface area contributed by atoms with Crippen LogP contribution >= 0.6 is 0 Å². The van der Waals surface area contributed by atoms with Crippen LogP contribution in [0.25, 0.3) is 0 Å². The Morgan fingerprint density at radius 1 is 1.17 bits per heavy atom. The molecule has 8 heteroatoms. The van der Waals surface area contributed by atoms with Gasteiger partial charge in [-0.2, -0.15) is 0 Å². The highest BCUT2D eigenvalue weighted by Crippen LogP contribution is 2.25. The Hall–Kier alpha value is -3.16. The van der Waals surface area contributed by atoms with Crippen LogP contribution in [0, 0.1) is 0 Å². The summed E-state index contributed by atoms with van der Waals surface area (Å²) in [4.78, 5) is 43.7. The Morgan fingerprint density at radius 3 is 2.67 bits per heavy atom. The fraction of sp³-hybridized carbons (Fsp3) is 0.455. The molecule has 0 spiro atoms. The molecule has 1 atom stereocenters. The number of carbonyl (C=O) groups excluding carboxylic acids is 3. The average molecular weight is 412 g/mol. The summed E-state index contributed by atoms with van der Waals surface area (Å²) in [5.41, 5.74) is 0.913. The standard InChI is InChI=1S/C22H29N5O3/c1-26-14-12-24-21(26)22(30)25-16-20(29)27-13-8-3-2-7-11-23-19(28)15-18(27)17-9-5-4-6-10-17/h4-6,9-10,12,14,18H,2-3,7-8,11,13,15-16H2,1H3,(H,23,28)(H,25,30). The van der Waals surface area contributed by atoms with Gasteiger partial charge in [0.1, 0.15) is 0 Å². The molecule has 3 rings (SSSR count). The normalized spacial score (nSPS) is 18.2. The smallest absolute Gasteiger partial charge is 0.287 e. The monoisotopic (exact) mass is 411 g/mol. The first kappa shape index (κ1) is 21.5. The third-order valence-electron chi connectivity index (χ3n) is 5.33. The van der Waals surface area contributed by atoms with Crippen molar-refractivity contribution >= 4 is 17.7 Å². The van der Waals surface area contributed by atoms with E-state index in [2.05, 4.69) is 15.6 Å². The molecule has 0 bridgehead atoms. The number of nitrogens with zero attached hydrogens (tertiary/aromatic N) is 3. The minimum absolute atomic E-state index is 0.0689. The van der Waals surface area contributed by atoms with E-state index in [9.17, 15) is 14.4 Å². The molecule has 0 aliphatic carbocycles. The van der Waals surface area contributed by atoms with Crippen LogP contribution in [0.2, 0.25) is 0 Å². The van der Waals surface area contributed by atoms with Gasteiger partial charge >= 0.3 is 0 Å². The molecule has 30 heavy (non-hydrogen) atoms. The highest BCUT2D eigenvalue weighted by Gasteiger charge is 2.28. The number of hydrogen-bond donors (Lipinski definition) is 2. The summed E-state index contributed by atoms with van der Waals surface area (Å²) in [5, 5.41) is 5.63. The molecule has 2 N–H and O–H groups in total. The van der Waals surface area contributed by atoms with E-state index in [1.165, 1.54) is 6.20 Å². The van der Waals surface area contributed by atoms with Gasteiger partial charge in [0.2, 0.25) is 11.8 Å². The summed E-state index contributed by atoms with van der Waals surface area (Å²) < 4.78 is 1.60. The molecular formula is C22H29N5O3. The summed E-state index contributed by atoms with van der Waals surface area (Å²) >= 11 is 0. The van der Waals surface area contributed by atoms with Crippen molar-refractivity contribution in [3.63, 3.8) is 0 Å². The zero-order chi connectivity index (χ0) is 21.3. The minimum Gasteiger partial charge on any atom is -0.356 e. The first-order chi connectivity index (χ1) is 14.6. The third-order valence-corrected chi connectivity index (χ3v) is 5.33. The number of aromatic nitrogens is 2. The van der Waals surface area contributed by atoms with E-state index < -0.39 is 5.91 Å². The Balaban J connectivity index is 1.77. The van der Waals surface area contributed by atoms with Gasteiger partial charge in [0.15, 0.2) is 5.82 Å². The molecule has 1 aliphatic heterocycles. The molecule has 0 saturated carbocycles. The first-order valence-corrected chi connectivity index (χ1v) is 10.4.